The van der Waals surface area contributed by atoms with Crippen LogP contribution in [0.1, 0.15) is 53.0 Å². The van der Waals surface area contributed by atoms with Crippen LogP contribution in [-0.4, -0.2) is 0 Å². The molecule has 21 heavy (non-hydrogen) atoms. The van der Waals surface area contributed by atoms with Gasteiger partial charge in [-0.15, -0.1) is 0 Å². The molecule has 0 aliphatic heterocycles. The van der Waals surface area contributed by atoms with Gasteiger partial charge in [-0.1, -0.05) is 88.0 Å². The van der Waals surface area contributed by atoms with E-state index in [1.54, 1.807) is 0 Å². The van der Waals surface area contributed by atoms with E-state index in [-0.39, 0.29) is 0 Å². The molecule has 1 aromatic carbocycles. The van der Waals surface area contributed by atoms with Gasteiger partial charge in [-0.2, -0.15) is 0 Å². The van der Waals surface area contributed by atoms with Gasteiger partial charge in [-0.25, -0.2) is 0 Å². The first-order valence-corrected chi connectivity index (χ1v) is 7.87. The fourth-order valence-electron chi connectivity index (χ4n) is 1.48. The summed E-state index contributed by atoms with van der Waals surface area (Å²) in [5.74, 6) is 6.35. The van der Waals surface area contributed by atoms with Gasteiger partial charge in [0.25, 0.3) is 0 Å². The third-order valence-electron chi connectivity index (χ3n) is 2.43. The Morgan fingerprint density at radius 1 is 1.00 bits per heavy atom. The zero-order valence-corrected chi connectivity index (χ0v) is 14.1. The van der Waals surface area contributed by atoms with Crippen molar-refractivity contribution in [2.24, 2.45) is 0 Å². The van der Waals surface area contributed by atoms with E-state index in [1.165, 1.54) is 12.0 Å². The summed E-state index contributed by atoms with van der Waals surface area (Å²) in [7, 11) is 0. The normalized spacial score (nSPS) is 12.0. The molecule has 0 saturated carbocycles. The quantitative estimate of drug-likeness (QED) is 0.488. The summed E-state index contributed by atoms with van der Waals surface area (Å²) >= 11 is 0. The highest BCUT2D eigenvalue weighted by atomic mass is 14.0. The Hall–Kier alpha value is -2.00. The average Bonchev–Trinajstić information content (AvgIpc) is 2.74. The summed E-state index contributed by atoms with van der Waals surface area (Å²) in [5, 5.41) is 0. The molecule has 0 unspecified atom stereocenters. The highest BCUT2D eigenvalue weighted by Crippen LogP contribution is 2.10. The second kappa shape index (κ2) is 13.0. The number of hydrogen-bond acceptors (Lipinski definition) is 0. The van der Waals surface area contributed by atoms with E-state index in [2.05, 4.69) is 56.9 Å². The van der Waals surface area contributed by atoms with Crippen molar-refractivity contribution in [2.75, 3.05) is 0 Å². The van der Waals surface area contributed by atoms with Gasteiger partial charge in [0.1, 0.15) is 0 Å². The maximum Gasteiger partial charge on any atom is 0.0249 e. The maximum atomic E-state index is 3.19. The highest BCUT2D eigenvalue weighted by Gasteiger charge is 1.92. The smallest absolute Gasteiger partial charge is 0.0249 e. The van der Waals surface area contributed by atoms with Crippen LogP contribution in [0.25, 0.3) is 0 Å². The molecule has 0 atom stereocenters. The van der Waals surface area contributed by atoms with Crippen LogP contribution in [0.4, 0.5) is 0 Å². The zero-order valence-electron chi connectivity index (χ0n) is 14.1. The minimum absolute atomic E-state index is 0.992. The van der Waals surface area contributed by atoms with Gasteiger partial charge in [-0.05, 0) is 31.6 Å². The molecule has 0 heterocycles. The lowest BCUT2D eigenvalue weighted by atomic mass is 10.1. The van der Waals surface area contributed by atoms with Crippen LogP contribution < -0.4 is 0 Å². The van der Waals surface area contributed by atoms with Gasteiger partial charge in [-0.3, -0.25) is 0 Å². The molecule has 112 valence electrons. The molecule has 2 rings (SSSR count). The van der Waals surface area contributed by atoms with Crippen molar-refractivity contribution in [2.45, 2.75) is 47.5 Å². The Labute approximate surface area is 131 Å². The summed E-state index contributed by atoms with van der Waals surface area (Å²) in [6, 6.07) is 10.1. The molecule has 0 amide bonds. The Bertz CT molecular complexity index is 516. The molecule has 0 bridgehead atoms. The van der Waals surface area contributed by atoms with E-state index < -0.39 is 0 Å². The fraction of sp³-hybridized carbons (Fsp3) is 0.333. The van der Waals surface area contributed by atoms with Crippen LogP contribution in [-0.2, 0) is 0 Å². The van der Waals surface area contributed by atoms with Crippen molar-refractivity contribution < 1.29 is 0 Å². The van der Waals surface area contributed by atoms with Crippen molar-refractivity contribution in [1.82, 2.24) is 0 Å². The van der Waals surface area contributed by atoms with Crippen molar-refractivity contribution in [3.05, 3.63) is 71.3 Å². The highest BCUT2D eigenvalue weighted by molar-refractivity contribution is 5.46. The molecule has 0 spiro atoms. The third-order valence-corrected chi connectivity index (χ3v) is 2.43. The van der Waals surface area contributed by atoms with E-state index in [4.69, 9.17) is 0 Å². The standard InChI is InChI=1S/C16H14.C3H8.C2H6/c1-14-6-5-9-16(11-10-14)13-12-15-7-3-2-4-8-15;1-3-2;1-2/h2-9,11H,10H2,1H3;3H2,1-2H3;1-2H3. The summed E-state index contributed by atoms with van der Waals surface area (Å²) in [6.07, 6.45) is 10.7. The van der Waals surface area contributed by atoms with Gasteiger partial charge < -0.3 is 0 Å². The molecule has 1 aliphatic rings. The fourth-order valence-corrected chi connectivity index (χ4v) is 1.48. The van der Waals surface area contributed by atoms with Crippen LogP contribution in [0.5, 0.6) is 0 Å². The van der Waals surface area contributed by atoms with Crippen LogP contribution in [0.2, 0.25) is 0 Å². The third kappa shape index (κ3) is 9.52. The molecule has 0 radical (unpaired) electrons. The van der Waals surface area contributed by atoms with Crippen molar-refractivity contribution in [1.29, 1.82) is 0 Å². The van der Waals surface area contributed by atoms with Crippen LogP contribution >= 0.6 is 0 Å². The Kier molecular flexibility index (Phi) is 11.8. The first-order chi connectivity index (χ1) is 10.3. The van der Waals surface area contributed by atoms with E-state index in [1.807, 2.05) is 44.2 Å². The lowest BCUT2D eigenvalue weighted by Gasteiger charge is -1.91. The summed E-state index contributed by atoms with van der Waals surface area (Å²) in [5.41, 5.74) is 3.52. The lowest BCUT2D eigenvalue weighted by molar-refractivity contribution is 1.09. The topological polar surface area (TPSA) is 0 Å². The van der Waals surface area contributed by atoms with Gasteiger partial charge in [0, 0.05) is 11.1 Å². The molecule has 0 aromatic heterocycles. The SMILES string of the molecule is CC.CC1=CC=CC(C#Cc2ccccc2)=CC1.CCC. The number of benzene rings is 1. The van der Waals surface area contributed by atoms with E-state index in [9.17, 15) is 0 Å². The molecule has 0 saturated heterocycles. The van der Waals surface area contributed by atoms with Gasteiger partial charge in [0.2, 0.25) is 0 Å². The number of hydrogen-bond donors (Lipinski definition) is 0. The second-order valence-electron chi connectivity index (χ2n) is 4.56. The maximum absolute atomic E-state index is 3.19. The van der Waals surface area contributed by atoms with Crippen molar-refractivity contribution >= 4 is 0 Å². The Balaban J connectivity index is 0.000000713. The molecule has 1 aliphatic carbocycles. The van der Waals surface area contributed by atoms with Crippen LogP contribution in [0.3, 0.4) is 0 Å². The minimum atomic E-state index is 0.992. The largest absolute Gasteiger partial charge is 0.0695 e. The first-order valence-electron chi connectivity index (χ1n) is 7.87. The predicted molar refractivity (Wildman–Crippen MR) is 96.2 cm³/mol. The molecule has 0 heteroatoms. The monoisotopic (exact) mass is 280 g/mol. The van der Waals surface area contributed by atoms with E-state index in [0.29, 0.717) is 0 Å². The predicted octanol–water partition coefficient (Wildman–Crippen LogP) is 6.31. The molecule has 0 fully saturated rings. The number of allylic oxidation sites excluding steroid dienone is 6. The summed E-state index contributed by atoms with van der Waals surface area (Å²) in [6.45, 7) is 10.4. The van der Waals surface area contributed by atoms with Crippen molar-refractivity contribution in [3.8, 4) is 11.8 Å². The summed E-state index contributed by atoms with van der Waals surface area (Å²) < 4.78 is 0. The molecular formula is C21H28. The molecule has 0 nitrogen and oxygen atoms in total. The van der Waals surface area contributed by atoms with Gasteiger partial charge in [0.05, 0.1) is 0 Å². The Morgan fingerprint density at radius 3 is 2.24 bits per heavy atom. The van der Waals surface area contributed by atoms with Crippen molar-refractivity contribution in [3.63, 3.8) is 0 Å². The molecule has 1 aromatic rings. The van der Waals surface area contributed by atoms with Gasteiger partial charge in [0.15, 0.2) is 0 Å². The molecule has 0 N–H and O–H groups in total. The summed E-state index contributed by atoms with van der Waals surface area (Å²) in [4.78, 5) is 0. The zero-order chi connectivity index (χ0) is 15.9. The number of rotatable bonds is 0. The first kappa shape index (κ1) is 19.0. The average molecular weight is 280 g/mol. The second-order valence-corrected chi connectivity index (χ2v) is 4.56. The Morgan fingerprint density at radius 2 is 1.62 bits per heavy atom. The lowest BCUT2D eigenvalue weighted by Crippen LogP contribution is -1.75. The van der Waals surface area contributed by atoms with Crippen LogP contribution in [0, 0.1) is 11.8 Å². The van der Waals surface area contributed by atoms with Crippen LogP contribution in [0.15, 0.2) is 65.8 Å². The molecular weight excluding hydrogens is 252 g/mol. The van der Waals surface area contributed by atoms with Gasteiger partial charge >= 0.3 is 0 Å². The van der Waals surface area contributed by atoms with E-state index in [0.717, 1.165) is 17.6 Å². The van der Waals surface area contributed by atoms with E-state index >= 15 is 0 Å². The minimum Gasteiger partial charge on any atom is -0.0695 e.